The summed E-state index contributed by atoms with van der Waals surface area (Å²) in [6.07, 6.45) is 1.43. The van der Waals surface area contributed by atoms with Crippen LogP contribution < -0.4 is 15.4 Å². The fourth-order valence-corrected chi connectivity index (χ4v) is 3.55. The van der Waals surface area contributed by atoms with E-state index in [1.165, 1.54) is 6.33 Å². The molecule has 0 aliphatic carbocycles. The monoisotopic (exact) mass is 429 g/mol. The quantitative estimate of drug-likeness (QED) is 0.636. The third kappa shape index (κ3) is 3.66. The van der Waals surface area contributed by atoms with Crippen molar-refractivity contribution in [3.63, 3.8) is 0 Å². The Morgan fingerprint density at radius 1 is 1.17 bits per heavy atom. The van der Waals surface area contributed by atoms with Crippen LogP contribution in [0.3, 0.4) is 0 Å². The first-order chi connectivity index (χ1) is 14.0. The van der Waals surface area contributed by atoms with Gasteiger partial charge in [-0.2, -0.15) is 10.1 Å². The number of aromatic nitrogens is 3. The Morgan fingerprint density at radius 3 is 2.62 bits per heavy atom. The highest BCUT2D eigenvalue weighted by molar-refractivity contribution is 6.42. The van der Waals surface area contributed by atoms with Crippen molar-refractivity contribution in [3.05, 3.63) is 75.7 Å². The predicted octanol–water partition coefficient (Wildman–Crippen LogP) is 4.52. The maximum absolute atomic E-state index is 13.2. The molecule has 1 atom stereocenters. The lowest BCUT2D eigenvalue weighted by molar-refractivity contribution is -0.113. The SMILES string of the molecule is COc1ccc(NC(=O)C2=C(C)Nc3ncnn3C2c2ccc(Cl)c(Cl)c2)cc1. The number of rotatable bonds is 4. The van der Waals surface area contributed by atoms with Crippen LogP contribution in [0, 0.1) is 0 Å². The highest BCUT2D eigenvalue weighted by Crippen LogP contribution is 2.37. The predicted molar refractivity (Wildman–Crippen MR) is 113 cm³/mol. The first-order valence-electron chi connectivity index (χ1n) is 8.75. The number of hydrogen-bond acceptors (Lipinski definition) is 5. The molecule has 1 aromatic heterocycles. The van der Waals surface area contributed by atoms with Gasteiger partial charge < -0.3 is 15.4 Å². The van der Waals surface area contributed by atoms with E-state index in [2.05, 4.69) is 20.7 Å². The molecule has 1 unspecified atom stereocenters. The maximum Gasteiger partial charge on any atom is 0.255 e. The van der Waals surface area contributed by atoms with Gasteiger partial charge in [-0.25, -0.2) is 4.68 Å². The molecule has 1 aliphatic rings. The van der Waals surface area contributed by atoms with Crippen LogP contribution in [0.5, 0.6) is 5.75 Å². The molecule has 2 N–H and O–H groups in total. The number of hydrogen-bond donors (Lipinski definition) is 2. The summed E-state index contributed by atoms with van der Waals surface area (Å²) in [5, 5.41) is 11.2. The Hall–Kier alpha value is -3.03. The van der Waals surface area contributed by atoms with Gasteiger partial charge in [0.1, 0.15) is 18.1 Å². The van der Waals surface area contributed by atoms with E-state index in [4.69, 9.17) is 27.9 Å². The van der Waals surface area contributed by atoms with Gasteiger partial charge in [-0.3, -0.25) is 4.79 Å². The lowest BCUT2D eigenvalue weighted by atomic mass is 9.95. The fourth-order valence-electron chi connectivity index (χ4n) is 3.25. The highest BCUT2D eigenvalue weighted by Gasteiger charge is 2.33. The van der Waals surface area contributed by atoms with E-state index in [0.717, 1.165) is 5.56 Å². The van der Waals surface area contributed by atoms with E-state index < -0.39 is 6.04 Å². The molecule has 2 aromatic carbocycles. The van der Waals surface area contributed by atoms with E-state index in [1.54, 1.807) is 48.2 Å². The van der Waals surface area contributed by atoms with Crippen molar-refractivity contribution >= 4 is 40.7 Å². The van der Waals surface area contributed by atoms with E-state index in [-0.39, 0.29) is 5.91 Å². The van der Waals surface area contributed by atoms with Gasteiger partial charge in [0.05, 0.1) is 22.7 Å². The first kappa shape index (κ1) is 19.3. The van der Waals surface area contributed by atoms with Crippen LogP contribution in [0.25, 0.3) is 0 Å². The highest BCUT2D eigenvalue weighted by atomic mass is 35.5. The number of carbonyl (C=O) groups excluding carboxylic acids is 1. The number of allylic oxidation sites excluding steroid dienone is 1. The summed E-state index contributed by atoms with van der Waals surface area (Å²) >= 11 is 12.3. The summed E-state index contributed by atoms with van der Waals surface area (Å²) in [6.45, 7) is 1.83. The van der Waals surface area contributed by atoms with E-state index in [9.17, 15) is 4.79 Å². The van der Waals surface area contributed by atoms with Gasteiger partial charge in [-0.1, -0.05) is 29.3 Å². The van der Waals surface area contributed by atoms with E-state index in [1.807, 2.05) is 13.0 Å². The van der Waals surface area contributed by atoms with Crippen LogP contribution in [0.15, 0.2) is 60.1 Å². The summed E-state index contributed by atoms with van der Waals surface area (Å²) in [6, 6.07) is 11.9. The van der Waals surface area contributed by atoms with E-state index >= 15 is 0 Å². The fraction of sp³-hybridized carbons (Fsp3) is 0.150. The van der Waals surface area contributed by atoms with Crippen LogP contribution in [0.2, 0.25) is 10.0 Å². The van der Waals surface area contributed by atoms with Crippen LogP contribution in [-0.2, 0) is 4.79 Å². The van der Waals surface area contributed by atoms with Gasteiger partial charge in [-0.15, -0.1) is 0 Å². The van der Waals surface area contributed by atoms with Gasteiger partial charge in [0, 0.05) is 11.4 Å². The summed E-state index contributed by atoms with van der Waals surface area (Å²) in [4.78, 5) is 17.5. The summed E-state index contributed by atoms with van der Waals surface area (Å²) in [5.74, 6) is 0.982. The van der Waals surface area contributed by atoms with Crippen molar-refractivity contribution in [1.82, 2.24) is 14.8 Å². The molecule has 1 aliphatic heterocycles. The van der Waals surface area contributed by atoms with Gasteiger partial charge >= 0.3 is 0 Å². The standard InChI is InChI=1S/C20H17Cl2N5O2/c1-11-17(19(28)26-13-4-6-14(29-2)7-5-13)18(27-20(25-11)23-10-24-27)12-3-8-15(21)16(22)9-12/h3-10,18H,1-2H3,(H,26,28)(H,23,24,25). The number of carbonyl (C=O) groups is 1. The molecular weight excluding hydrogens is 413 g/mol. The molecule has 0 fully saturated rings. The Kier molecular flexibility index (Phi) is 5.17. The lowest BCUT2D eigenvalue weighted by Crippen LogP contribution is -2.31. The normalized spacial score (nSPS) is 15.5. The number of amides is 1. The Labute approximate surface area is 177 Å². The van der Waals surface area contributed by atoms with Crippen LogP contribution in [0.4, 0.5) is 11.6 Å². The molecule has 4 rings (SSSR count). The van der Waals surface area contributed by atoms with Crippen LogP contribution >= 0.6 is 23.2 Å². The Bertz CT molecular complexity index is 1110. The number of nitrogens with zero attached hydrogens (tertiary/aromatic N) is 3. The average molecular weight is 430 g/mol. The van der Waals surface area contributed by atoms with Crippen LogP contribution in [0.1, 0.15) is 18.5 Å². The molecule has 29 heavy (non-hydrogen) atoms. The number of fused-ring (bicyclic) bond motifs is 1. The minimum Gasteiger partial charge on any atom is -0.497 e. The van der Waals surface area contributed by atoms with Gasteiger partial charge in [0.2, 0.25) is 5.95 Å². The number of benzene rings is 2. The van der Waals surface area contributed by atoms with Crippen LogP contribution in [-0.4, -0.2) is 27.8 Å². The second kappa shape index (κ2) is 7.77. The maximum atomic E-state index is 13.2. The third-order valence-corrected chi connectivity index (χ3v) is 5.39. The molecule has 0 spiro atoms. The lowest BCUT2D eigenvalue weighted by Gasteiger charge is -2.29. The molecule has 0 saturated heterocycles. The minimum atomic E-state index is -0.512. The molecule has 7 nitrogen and oxygen atoms in total. The molecule has 9 heteroatoms. The van der Waals surface area contributed by atoms with Crippen molar-refractivity contribution < 1.29 is 9.53 Å². The first-order valence-corrected chi connectivity index (χ1v) is 9.51. The number of ether oxygens (including phenoxy) is 1. The van der Waals surface area contributed by atoms with Crippen molar-refractivity contribution in [2.45, 2.75) is 13.0 Å². The Balaban J connectivity index is 1.73. The third-order valence-electron chi connectivity index (χ3n) is 4.65. The van der Waals surface area contributed by atoms with Crippen molar-refractivity contribution in [2.24, 2.45) is 0 Å². The number of anilines is 2. The average Bonchev–Trinajstić information content (AvgIpc) is 3.17. The van der Waals surface area contributed by atoms with Gasteiger partial charge in [0.15, 0.2) is 0 Å². The zero-order valence-electron chi connectivity index (χ0n) is 15.6. The van der Waals surface area contributed by atoms with Gasteiger partial charge in [0.25, 0.3) is 5.91 Å². The Morgan fingerprint density at radius 2 is 1.93 bits per heavy atom. The minimum absolute atomic E-state index is 0.266. The van der Waals surface area contributed by atoms with Crippen molar-refractivity contribution in [2.75, 3.05) is 17.7 Å². The van der Waals surface area contributed by atoms with Crippen molar-refractivity contribution in [1.29, 1.82) is 0 Å². The molecule has 0 saturated carbocycles. The molecule has 0 radical (unpaired) electrons. The van der Waals surface area contributed by atoms with Crippen molar-refractivity contribution in [3.8, 4) is 5.75 Å². The second-order valence-corrected chi connectivity index (χ2v) is 7.26. The summed E-state index contributed by atoms with van der Waals surface area (Å²) < 4.78 is 6.81. The zero-order valence-corrected chi connectivity index (χ0v) is 17.1. The summed E-state index contributed by atoms with van der Waals surface area (Å²) in [5.41, 5.74) is 2.59. The molecular formula is C20H17Cl2N5O2. The zero-order chi connectivity index (χ0) is 20.5. The largest absolute Gasteiger partial charge is 0.497 e. The smallest absolute Gasteiger partial charge is 0.255 e. The molecule has 0 bridgehead atoms. The van der Waals surface area contributed by atoms with E-state index in [0.29, 0.717) is 38.7 Å². The molecule has 148 valence electrons. The van der Waals surface area contributed by atoms with Gasteiger partial charge in [-0.05, 0) is 48.9 Å². The molecule has 2 heterocycles. The summed E-state index contributed by atoms with van der Waals surface area (Å²) in [7, 11) is 1.59. The second-order valence-electron chi connectivity index (χ2n) is 6.45. The number of nitrogens with one attached hydrogen (secondary N) is 2. The number of methoxy groups -OCH3 is 1. The topological polar surface area (TPSA) is 81.1 Å². The molecule has 3 aromatic rings. The number of halogens is 2. The molecule has 1 amide bonds.